The molecule has 2 unspecified atom stereocenters. The van der Waals surface area contributed by atoms with Crippen molar-refractivity contribution in [1.82, 2.24) is 30.2 Å². The fourth-order valence-corrected chi connectivity index (χ4v) is 3.92. The molecule has 2 atom stereocenters. The minimum absolute atomic E-state index is 0.205. The summed E-state index contributed by atoms with van der Waals surface area (Å²) in [5, 5.41) is 14.6. The SMILES string of the molecule is O=C(NC1CCCCCC1)NC1COCC1n1nc(-n2cccn2)ccc1=O. The largest absolute Gasteiger partial charge is 0.377 e. The van der Waals surface area contributed by atoms with Crippen LogP contribution in [0.25, 0.3) is 5.82 Å². The zero-order chi connectivity index (χ0) is 19.3. The van der Waals surface area contributed by atoms with Gasteiger partial charge in [0.05, 0.1) is 19.3 Å². The van der Waals surface area contributed by atoms with Crippen LogP contribution < -0.4 is 16.2 Å². The fraction of sp³-hybridized carbons (Fsp3) is 0.579. The third-order valence-corrected chi connectivity index (χ3v) is 5.42. The summed E-state index contributed by atoms with van der Waals surface area (Å²) in [6, 6.07) is 4.22. The summed E-state index contributed by atoms with van der Waals surface area (Å²) in [6.45, 7) is 0.673. The van der Waals surface area contributed by atoms with E-state index in [0.717, 1.165) is 25.7 Å². The first kappa shape index (κ1) is 18.7. The number of nitrogens with one attached hydrogen (secondary N) is 2. The zero-order valence-corrected chi connectivity index (χ0v) is 15.8. The van der Waals surface area contributed by atoms with E-state index >= 15 is 0 Å². The number of ether oxygens (including phenoxy) is 1. The van der Waals surface area contributed by atoms with Gasteiger partial charge < -0.3 is 15.4 Å². The summed E-state index contributed by atoms with van der Waals surface area (Å²) in [4.78, 5) is 24.9. The molecule has 2 fully saturated rings. The molecule has 1 aliphatic heterocycles. The summed E-state index contributed by atoms with van der Waals surface area (Å²) in [7, 11) is 0. The monoisotopic (exact) mass is 386 g/mol. The third-order valence-electron chi connectivity index (χ3n) is 5.42. The molecule has 0 aromatic carbocycles. The van der Waals surface area contributed by atoms with Crippen LogP contribution in [0.2, 0.25) is 0 Å². The van der Waals surface area contributed by atoms with Crippen LogP contribution >= 0.6 is 0 Å². The van der Waals surface area contributed by atoms with E-state index in [1.54, 1.807) is 29.2 Å². The number of amides is 2. The molecular weight excluding hydrogens is 360 g/mol. The standard InChI is InChI=1S/C19H26N6O3/c26-18-9-8-17(24-11-5-10-20-24)23-25(18)16-13-28-12-15(16)22-19(27)21-14-6-3-1-2-4-7-14/h5,8-11,14-16H,1-4,6-7,12-13H2,(H2,21,22,27). The number of hydrogen-bond acceptors (Lipinski definition) is 5. The van der Waals surface area contributed by atoms with Crippen LogP contribution in [0.4, 0.5) is 4.79 Å². The lowest BCUT2D eigenvalue weighted by Crippen LogP contribution is -2.50. The predicted octanol–water partition coefficient (Wildman–Crippen LogP) is 1.39. The highest BCUT2D eigenvalue weighted by Crippen LogP contribution is 2.19. The number of hydrogen-bond donors (Lipinski definition) is 2. The van der Waals surface area contributed by atoms with Crippen LogP contribution in [0.1, 0.15) is 44.6 Å². The quantitative estimate of drug-likeness (QED) is 0.773. The van der Waals surface area contributed by atoms with Crippen LogP contribution in [0, 0.1) is 0 Å². The maximum Gasteiger partial charge on any atom is 0.315 e. The van der Waals surface area contributed by atoms with Crippen molar-refractivity contribution in [3.63, 3.8) is 0 Å². The minimum Gasteiger partial charge on any atom is -0.377 e. The van der Waals surface area contributed by atoms with Gasteiger partial charge in [-0.2, -0.15) is 5.10 Å². The number of urea groups is 1. The topological polar surface area (TPSA) is 103 Å². The average molecular weight is 386 g/mol. The van der Waals surface area contributed by atoms with Crippen LogP contribution in [-0.4, -0.2) is 50.9 Å². The van der Waals surface area contributed by atoms with Crippen LogP contribution in [-0.2, 0) is 4.74 Å². The second kappa shape index (κ2) is 8.55. The van der Waals surface area contributed by atoms with Crippen molar-refractivity contribution in [2.24, 2.45) is 0 Å². The molecule has 1 aliphatic carbocycles. The highest BCUT2D eigenvalue weighted by molar-refractivity contribution is 5.74. The summed E-state index contributed by atoms with van der Waals surface area (Å²) >= 11 is 0. The first-order chi connectivity index (χ1) is 13.7. The summed E-state index contributed by atoms with van der Waals surface area (Å²) in [6.07, 6.45) is 10.2. The number of carbonyl (C=O) groups is 1. The van der Waals surface area contributed by atoms with E-state index in [-0.39, 0.29) is 29.7 Å². The van der Waals surface area contributed by atoms with Crippen molar-refractivity contribution in [2.75, 3.05) is 13.2 Å². The second-order valence-corrected chi connectivity index (χ2v) is 7.44. The van der Waals surface area contributed by atoms with Gasteiger partial charge >= 0.3 is 6.03 Å². The maximum atomic E-state index is 12.5. The van der Waals surface area contributed by atoms with Gasteiger partial charge in [0, 0.05) is 24.5 Å². The van der Waals surface area contributed by atoms with E-state index in [9.17, 15) is 9.59 Å². The number of nitrogens with zero attached hydrogens (tertiary/aromatic N) is 4. The number of aromatic nitrogens is 4. The molecule has 4 rings (SSSR count). The maximum absolute atomic E-state index is 12.5. The molecule has 1 saturated carbocycles. The Morgan fingerprint density at radius 3 is 2.68 bits per heavy atom. The van der Waals surface area contributed by atoms with E-state index in [4.69, 9.17) is 4.74 Å². The van der Waals surface area contributed by atoms with Crippen molar-refractivity contribution in [1.29, 1.82) is 0 Å². The molecule has 2 aliphatic rings. The Morgan fingerprint density at radius 1 is 1.11 bits per heavy atom. The highest BCUT2D eigenvalue weighted by atomic mass is 16.5. The molecule has 0 bridgehead atoms. The fourth-order valence-electron chi connectivity index (χ4n) is 3.92. The molecule has 150 valence electrons. The molecule has 2 aromatic heterocycles. The van der Waals surface area contributed by atoms with Gasteiger partial charge in [-0.25, -0.2) is 14.2 Å². The molecule has 2 amide bonds. The van der Waals surface area contributed by atoms with E-state index in [1.165, 1.54) is 23.6 Å². The van der Waals surface area contributed by atoms with Gasteiger partial charge in [0.1, 0.15) is 6.04 Å². The Hall–Kier alpha value is -2.68. The van der Waals surface area contributed by atoms with E-state index in [2.05, 4.69) is 20.8 Å². The molecule has 2 aromatic rings. The van der Waals surface area contributed by atoms with Gasteiger partial charge in [-0.1, -0.05) is 25.7 Å². The molecular formula is C19H26N6O3. The molecule has 9 nitrogen and oxygen atoms in total. The second-order valence-electron chi connectivity index (χ2n) is 7.44. The normalized spacial score (nSPS) is 23.3. The summed E-state index contributed by atoms with van der Waals surface area (Å²) in [5.74, 6) is 0.540. The Morgan fingerprint density at radius 2 is 1.93 bits per heavy atom. The Balaban J connectivity index is 1.45. The van der Waals surface area contributed by atoms with Crippen LogP contribution in [0.5, 0.6) is 0 Å². The Bertz CT molecular complexity index is 842. The highest BCUT2D eigenvalue weighted by Gasteiger charge is 2.33. The molecule has 0 spiro atoms. The molecule has 28 heavy (non-hydrogen) atoms. The van der Waals surface area contributed by atoms with Crippen molar-refractivity contribution in [3.8, 4) is 5.82 Å². The molecule has 0 radical (unpaired) electrons. The lowest BCUT2D eigenvalue weighted by atomic mass is 10.1. The van der Waals surface area contributed by atoms with Crippen molar-refractivity contribution >= 4 is 6.03 Å². The van der Waals surface area contributed by atoms with E-state index in [0.29, 0.717) is 19.0 Å². The smallest absolute Gasteiger partial charge is 0.315 e. The Kier molecular flexibility index (Phi) is 5.70. The van der Waals surface area contributed by atoms with Crippen LogP contribution in [0.15, 0.2) is 35.4 Å². The number of carbonyl (C=O) groups excluding carboxylic acids is 1. The van der Waals surface area contributed by atoms with Gasteiger partial charge in [-0.05, 0) is 25.0 Å². The molecule has 3 heterocycles. The average Bonchev–Trinajstić information content (AvgIpc) is 3.31. The first-order valence-corrected chi connectivity index (χ1v) is 9.95. The van der Waals surface area contributed by atoms with E-state index in [1.807, 2.05) is 0 Å². The lowest BCUT2D eigenvalue weighted by molar-refractivity contribution is 0.180. The minimum atomic E-state index is -0.358. The lowest BCUT2D eigenvalue weighted by Gasteiger charge is -2.23. The van der Waals surface area contributed by atoms with Crippen molar-refractivity contribution < 1.29 is 9.53 Å². The van der Waals surface area contributed by atoms with Crippen LogP contribution in [0.3, 0.4) is 0 Å². The summed E-state index contributed by atoms with van der Waals surface area (Å²) in [5.41, 5.74) is -0.234. The molecule has 1 saturated heterocycles. The molecule has 9 heteroatoms. The molecule has 2 N–H and O–H groups in total. The Labute approximate surface area is 163 Å². The zero-order valence-electron chi connectivity index (χ0n) is 15.8. The van der Waals surface area contributed by atoms with E-state index < -0.39 is 0 Å². The van der Waals surface area contributed by atoms with Gasteiger partial charge in [-0.15, -0.1) is 5.10 Å². The number of rotatable bonds is 4. The van der Waals surface area contributed by atoms with Gasteiger partial charge in [-0.3, -0.25) is 4.79 Å². The van der Waals surface area contributed by atoms with Gasteiger partial charge in [0.15, 0.2) is 5.82 Å². The summed E-state index contributed by atoms with van der Waals surface area (Å²) < 4.78 is 8.54. The predicted molar refractivity (Wildman–Crippen MR) is 102 cm³/mol. The van der Waals surface area contributed by atoms with Crippen molar-refractivity contribution in [2.45, 2.75) is 56.7 Å². The first-order valence-electron chi connectivity index (χ1n) is 9.95. The third kappa shape index (κ3) is 4.24. The van der Waals surface area contributed by atoms with Gasteiger partial charge in [0.2, 0.25) is 0 Å². The van der Waals surface area contributed by atoms with Gasteiger partial charge in [0.25, 0.3) is 5.56 Å². The van der Waals surface area contributed by atoms with Crippen molar-refractivity contribution in [3.05, 3.63) is 40.9 Å².